The maximum atomic E-state index is 10.6. The highest BCUT2D eigenvalue weighted by Gasteiger charge is 2.07. The Labute approximate surface area is 207 Å². The molecule has 0 heterocycles. The molecule has 0 aromatic heterocycles. The molecule has 0 unspecified atom stereocenters. The minimum absolute atomic E-state index is 0.176. The number of unbranched alkanes of at least 4 members (excludes halogenated alkanes) is 12. The van der Waals surface area contributed by atoms with Gasteiger partial charge in [0.1, 0.15) is 5.75 Å². The lowest BCUT2D eigenvalue weighted by atomic mass is 9.96. The highest BCUT2D eigenvalue weighted by atomic mass is 16.5. The third-order valence-electron chi connectivity index (χ3n) is 6.22. The molecule has 0 fully saturated rings. The standard InChI is InChI=1S/C29H48O5/c1-24(2)34-27-22-21-25(17-13-9-5-3-7-11-15-19-28(30)31)26(23-27)18-14-10-6-4-8-12-16-20-29(32)33/h21-24H,3-20H2,1-2H3,(H,30,31)(H,32,33). The Bertz CT molecular complexity index is 683. The van der Waals surface area contributed by atoms with Crippen LogP contribution < -0.4 is 4.74 Å². The average Bonchev–Trinajstić information content (AvgIpc) is 2.77. The van der Waals surface area contributed by atoms with Crippen molar-refractivity contribution in [2.75, 3.05) is 0 Å². The van der Waals surface area contributed by atoms with E-state index in [1.54, 1.807) is 0 Å². The first-order valence-corrected chi connectivity index (χ1v) is 13.6. The van der Waals surface area contributed by atoms with Crippen LogP contribution in [0.1, 0.15) is 128 Å². The molecule has 1 aromatic carbocycles. The van der Waals surface area contributed by atoms with Crippen molar-refractivity contribution in [1.29, 1.82) is 0 Å². The van der Waals surface area contributed by atoms with Gasteiger partial charge in [0.05, 0.1) is 6.10 Å². The monoisotopic (exact) mass is 476 g/mol. The Balaban J connectivity index is 2.33. The Morgan fingerprint density at radius 1 is 0.647 bits per heavy atom. The van der Waals surface area contributed by atoms with Gasteiger partial charge in [-0.05, 0) is 75.6 Å². The van der Waals surface area contributed by atoms with Crippen LogP contribution in [0.3, 0.4) is 0 Å². The van der Waals surface area contributed by atoms with Gasteiger partial charge < -0.3 is 14.9 Å². The minimum Gasteiger partial charge on any atom is -0.491 e. The van der Waals surface area contributed by atoms with Gasteiger partial charge >= 0.3 is 11.9 Å². The molecular weight excluding hydrogens is 428 g/mol. The lowest BCUT2D eigenvalue weighted by Crippen LogP contribution is -2.06. The first-order chi connectivity index (χ1) is 16.4. The molecule has 0 bridgehead atoms. The summed E-state index contributed by atoms with van der Waals surface area (Å²) in [7, 11) is 0. The summed E-state index contributed by atoms with van der Waals surface area (Å²) in [5, 5.41) is 17.4. The Kier molecular flexibility index (Phi) is 17.0. The third kappa shape index (κ3) is 16.6. The number of carboxylic acids is 2. The van der Waals surface area contributed by atoms with Crippen molar-refractivity contribution in [3.05, 3.63) is 29.3 Å². The molecule has 0 aliphatic heterocycles. The van der Waals surface area contributed by atoms with Gasteiger partial charge in [0.15, 0.2) is 0 Å². The summed E-state index contributed by atoms with van der Waals surface area (Å²) in [4.78, 5) is 21.1. The first-order valence-electron chi connectivity index (χ1n) is 13.6. The second-order valence-electron chi connectivity index (χ2n) is 9.83. The smallest absolute Gasteiger partial charge is 0.303 e. The zero-order valence-corrected chi connectivity index (χ0v) is 21.7. The van der Waals surface area contributed by atoms with Gasteiger partial charge in [-0.1, -0.05) is 70.3 Å². The van der Waals surface area contributed by atoms with Crippen molar-refractivity contribution in [2.24, 2.45) is 0 Å². The molecule has 0 amide bonds. The maximum absolute atomic E-state index is 10.6. The summed E-state index contributed by atoms with van der Waals surface area (Å²) in [5.74, 6) is -0.408. The molecule has 0 saturated carbocycles. The zero-order valence-electron chi connectivity index (χ0n) is 21.7. The molecule has 1 aromatic rings. The molecule has 34 heavy (non-hydrogen) atoms. The molecule has 5 heteroatoms. The van der Waals surface area contributed by atoms with Crippen molar-refractivity contribution < 1.29 is 24.5 Å². The molecule has 5 nitrogen and oxygen atoms in total. The molecule has 0 atom stereocenters. The van der Waals surface area contributed by atoms with Gasteiger partial charge in [-0.15, -0.1) is 0 Å². The zero-order chi connectivity index (χ0) is 25.0. The Hall–Kier alpha value is -2.04. The van der Waals surface area contributed by atoms with E-state index in [4.69, 9.17) is 14.9 Å². The molecular formula is C29H48O5. The fourth-order valence-corrected chi connectivity index (χ4v) is 4.38. The van der Waals surface area contributed by atoms with Gasteiger partial charge in [-0.25, -0.2) is 0 Å². The second-order valence-corrected chi connectivity index (χ2v) is 9.83. The van der Waals surface area contributed by atoms with E-state index in [9.17, 15) is 9.59 Å². The molecule has 1 rings (SSSR count). The highest BCUT2D eigenvalue weighted by molar-refractivity contribution is 5.66. The van der Waals surface area contributed by atoms with Crippen LogP contribution in [-0.2, 0) is 22.4 Å². The number of hydrogen-bond acceptors (Lipinski definition) is 3. The van der Waals surface area contributed by atoms with E-state index in [-0.39, 0.29) is 6.10 Å². The van der Waals surface area contributed by atoms with Gasteiger partial charge in [-0.3, -0.25) is 9.59 Å². The highest BCUT2D eigenvalue weighted by Crippen LogP contribution is 2.23. The van der Waals surface area contributed by atoms with Crippen LogP contribution in [0, 0.1) is 0 Å². The molecule has 0 aliphatic rings. The van der Waals surface area contributed by atoms with Crippen LogP contribution in [0.2, 0.25) is 0 Å². The number of aryl methyl sites for hydroxylation is 2. The number of carbonyl (C=O) groups is 2. The average molecular weight is 477 g/mol. The lowest BCUT2D eigenvalue weighted by Gasteiger charge is -2.15. The van der Waals surface area contributed by atoms with Crippen molar-refractivity contribution in [3.8, 4) is 5.75 Å². The fourth-order valence-electron chi connectivity index (χ4n) is 4.38. The van der Waals surface area contributed by atoms with Crippen molar-refractivity contribution in [3.63, 3.8) is 0 Å². The van der Waals surface area contributed by atoms with Crippen LogP contribution >= 0.6 is 0 Å². The first kappa shape index (κ1) is 30.0. The van der Waals surface area contributed by atoms with Gasteiger partial charge in [0, 0.05) is 12.8 Å². The molecule has 0 saturated heterocycles. The molecule has 0 radical (unpaired) electrons. The number of carboxylic acid groups (broad SMARTS) is 2. The van der Waals surface area contributed by atoms with E-state index in [0.717, 1.165) is 57.1 Å². The van der Waals surface area contributed by atoms with Crippen molar-refractivity contribution >= 4 is 11.9 Å². The SMILES string of the molecule is CC(C)Oc1ccc(CCCCCCCCCC(=O)O)c(CCCCCCCCCC(=O)O)c1. The largest absolute Gasteiger partial charge is 0.491 e. The normalized spacial score (nSPS) is 11.1. The van der Waals surface area contributed by atoms with Gasteiger partial charge in [0.2, 0.25) is 0 Å². The van der Waals surface area contributed by atoms with Gasteiger partial charge in [0.25, 0.3) is 0 Å². The summed E-state index contributed by atoms with van der Waals surface area (Å²) in [6.07, 6.45) is 18.5. The molecule has 0 spiro atoms. The van der Waals surface area contributed by atoms with Crippen LogP contribution in [0.15, 0.2) is 18.2 Å². The summed E-state index contributed by atoms with van der Waals surface area (Å²) in [5.41, 5.74) is 2.87. The van der Waals surface area contributed by atoms with E-state index in [0.29, 0.717) is 12.8 Å². The maximum Gasteiger partial charge on any atom is 0.303 e. The van der Waals surface area contributed by atoms with Crippen molar-refractivity contribution in [2.45, 2.75) is 136 Å². The number of aliphatic carboxylic acids is 2. The Morgan fingerprint density at radius 3 is 1.50 bits per heavy atom. The molecule has 2 N–H and O–H groups in total. The van der Waals surface area contributed by atoms with Gasteiger partial charge in [-0.2, -0.15) is 0 Å². The topological polar surface area (TPSA) is 83.8 Å². The number of rotatable bonds is 22. The van der Waals surface area contributed by atoms with Crippen LogP contribution in [0.25, 0.3) is 0 Å². The quantitative estimate of drug-likeness (QED) is 0.166. The number of benzene rings is 1. The van der Waals surface area contributed by atoms with E-state index < -0.39 is 11.9 Å². The summed E-state index contributed by atoms with van der Waals surface area (Å²) < 4.78 is 5.94. The van der Waals surface area contributed by atoms with Crippen LogP contribution in [0.4, 0.5) is 0 Å². The summed E-state index contributed by atoms with van der Waals surface area (Å²) in [6.45, 7) is 4.12. The van der Waals surface area contributed by atoms with E-state index in [1.165, 1.54) is 62.5 Å². The van der Waals surface area contributed by atoms with E-state index >= 15 is 0 Å². The third-order valence-corrected chi connectivity index (χ3v) is 6.22. The van der Waals surface area contributed by atoms with E-state index in [2.05, 4.69) is 32.0 Å². The summed E-state index contributed by atoms with van der Waals surface area (Å²) in [6, 6.07) is 6.60. The second kappa shape index (κ2) is 19.3. The fraction of sp³-hybridized carbons (Fsp3) is 0.724. The number of ether oxygens (including phenoxy) is 1. The molecule has 194 valence electrons. The van der Waals surface area contributed by atoms with E-state index in [1.807, 2.05) is 0 Å². The lowest BCUT2D eigenvalue weighted by molar-refractivity contribution is -0.138. The number of hydrogen-bond donors (Lipinski definition) is 2. The minimum atomic E-state index is -0.688. The predicted octanol–water partition coefficient (Wildman–Crippen LogP) is 7.97. The van der Waals surface area contributed by atoms with Crippen LogP contribution in [-0.4, -0.2) is 28.3 Å². The van der Waals surface area contributed by atoms with Crippen LogP contribution in [0.5, 0.6) is 5.75 Å². The van der Waals surface area contributed by atoms with Crippen molar-refractivity contribution in [1.82, 2.24) is 0 Å². The Morgan fingerprint density at radius 2 is 1.06 bits per heavy atom. The predicted molar refractivity (Wildman–Crippen MR) is 139 cm³/mol. The molecule has 0 aliphatic carbocycles. The summed E-state index contributed by atoms with van der Waals surface area (Å²) >= 11 is 0.